The third-order valence-corrected chi connectivity index (χ3v) is 11.3. The first kappa shape index (κ1) is 51.0. The Hall–Kier alpha value is -4.37. The Kier molecular flexibility index (Phi) is 17.7. The van der Waals surface area contributed by atoms with E-state index in [4.69, 9.17) is 29.4 Å². The van der Waals surface area contributed by atoms with Crippen molar-refractivity contribution >= 4 is 35.9 Å². The van der Waals surface area contributed by atoms with Crippen molar-refractivity contribution in [1.29, 1.82) is 0 Å². The van der Waals surface area contributed by atoms with Gasteiger partial charge in [-0.25, -0.2) is 0 Å². The molecular weight excluding hydrogens is 783 g/mol. The van der Waals surface area contributed by atoms with Crippen LogP contribution in [0.5, 0.6) is 0 Å². The molecule has 0 radical (unpaired) electrons. The van der Waals surface area contributed by atoms with E-state index in [0.29, 0.717) is 12.0 Å². The molecule has 1 saturated heterocycles. The lowest BCUT2D eigenvalue weighted by Crippen LogP contribution is -2.60. The molecule has 3 rings (SSSR count). The largest absolute Gasteiger partial charge is 0.463 e. The van der Waals surface area contributed by atoms with Crippen LogP contribution in [0.3, 0.4) is 0 Å². The number of nitrogens with one attached hydrogen (secondary N) is 2. The van der Waals surface area contributed by atoms with E-state index in [1.807, 2.05) is 65.8 Å². The number of hydrogen-bond donors (Lipinski definition) is 4. The number of nitrogens with two attached hydrogens (primary N) is 1. The van der Waals surface area contributed by atoms with E-state index in [2.05, 4.69) is 36.6 Å². The molecule has 1 heterocycles. The zero-order chi connectivity index (χ0) is 46.2. The molecular formula is C47H71N3O11. The number of ether oxygens (including phenoxy) is 5. The molecule has 2 aliphatic rings. The molecule has 1 amide bonds. The highest BCUT2D eigenvalue weighted by Gasteiger charge is 2.49. The van der Waals surface area contributed by atoms with Crippen LogP contribution in [-0.4, -0.2) is 95.9 Å². The fourth-order valence-electron chi connectivity index (χ4n) is 7.76. The summed E-state index contributed by atoms with van der Waals surface area (Å²) in [6.07, 6.45) is 1.61. The number of carbonyl (C=O) groups excluding carboxylic acids is 5. The zero-order valence-corrected chi connectivity index (χ0v) is 38.7. The molecule has 0 bridgehead atoms. The van der Waals surface area contributed by atoms with Gasteiger partial charge in [0.05, 0.1) is 11.6 Å². The maximum atomic E-state index is 12.9. The van der Waals surface area contributed by atoms with Crippen molar-refractivity contribution in [2.24, 2.45) is 23.0 Å². The third-order valence-electron chi connectivity index (χ3n) is 11.3. The monoisotopic (exact) mass is 854 g/mol. The van der Waals surface area contributed by atoms with Gasteiger partial charge in [0, 0.05) is 63.1 Å². The topological polar surface area (TPSA) is 202 Å². The van der Waals surface area contributed by atoms with Gasteiger partial charge in [-0.3, -0.25) is 29.3 Å². The van der Waals surface area contributed by atoms with E-state index < -0.39 is 77.1 Å². The van der Waals surface area contributed by atoms with E-state index in [0.717, 1.165) is 34.3 Å². The van der Waals surface area contributed by atoms with E-state index in [1.54, 1.807) is 13.8 Å². The van der Waals surface area contributed by atoms with Gasteiger partial charge in [0.1, 0.15) is 31.1 Å². The maximum Gasteiger partial charge on any atom is 0.303 e. The Morgan fingerprint density at radius 1 is 0.967 bits per heavy atom. The summed E-state index contributed by atoms with van der Waals surface area (Å²) in [6, 6.07) is 6.14. The van der Waals surface area contributed by atoms with Crippen LogP contribution in [0.2, 0.25) is 0 Å². The first-order chi connectivity index (χ1) is 28.1. The molecule has 8 atom stereocenters. The molecule has 1 aliphatic carbocycles. The molecule has 0 saturated carbocycles. The third kappa shape index (κ3) is 14.6. The van der Waals surface area contributed by atoms with Crippen LogP contribution < -0.4 is 16.4 Å². The highest BCUT2D eigenvalue weighted by molar-refractivity contribution is 5.85. The molecule has 14 heteroatoms. The quantitative estimate of drug-likeness (QED) is 0.0815. The van der Waals surface area contributed by atoms with Gasteiger partial charge in [0.15, 0.2) is 6.10 Å². The predicted molar refractivity (Wildman–Crippen MR) is 232 cm³/mol. The van der Waals surface area contributed by atoms with Crippen LogP contribution in [0.25, 0.3) is 6.08 Å². The summed E-state index contributed by atoms with van der Waals surface area (Å²) >= 11 is 0. The van der Waals surface area contributed by atoms with Crippen molar-refractivity contribution in [2.45, 2.75) is 164 Å². The number of aliphatic hydroxyl groups excluding tert-OH is 1. The standard InChI is InChI=1S/C47H71N3O11/c1-15-26(2)39-28(4)40(59-31(7)53)37(41-42(60-32(8)54)38(58-30(6)52)23-36(61-41)24-57-29(5)51)22-35(39)21-34-17-16-33(20-27(34)3)18-19-45(9,10)43(55)50-47(13,14)44(56)49-25-46(11,12)48/h16-20,22,26,28,36,38,40-43,50,55H,15,21,23-25,48H2,1-14H3,(H,49,56)/b19-18+/t26?,28?,36-,38-,40?,41-,42+,43?/m0/s1. The van der Waals surface area contributed by atoms with Crippen LogP contribution in [-0.2, 0) is 54.1 Å². The fourth-order valence-corrected chi connectivity index (χ4v) is 7.76. The highest BCUT2D eigenvalue weighted by atomic mass is 16.6. The lowest BCUT2D eigenvalue weighted by atomic mass is 9.72. The molecule has 0 aromatic heterocycles. The molecule has 340 valence electrons. The maximum absolute atomic E-state index is 12.9. The van der Waals surface area contributed by atoms with Crippen molar-refractivity contribution in [3.63, 3.8) is 0 Å². The smallest absolute Gasteiger partial charge is 0.303 e. The Labute approximate surface area is 362 Å². The first-order valence-corrected chi connectivity index (χ1v) is 21.2. The van der Waals surface area contributed by atoms with E-state index in [1.165, 1.54) is 27.7 Å². The molecule has 1 aromatic rings. The summed E-state index contributed by atoms with van der Waals surface area (Å²) in [7, 11) is 0. The average molecular weight is 854 g/mol. The second-order valence-corrected chi connectivity index (χ2v) is 18.6. The Balaban J connectivity index is 2.05. The van der Waals surface area contributed by atoms with Crippen molar-refractivity contribution in [3.8, 4) is 0 Å². The zero-order valence-electron chi connectivity index (χ0n) is 38.7. The predicted octanol–water partition coefficient (Wildman–Crippen LogP) is 5.55. The van der Waals surface area contributed by atoms with E-state index in [-0.39, 0.29) is 37.3 Å². The van der Waals surface area contributed by atoms with Gasteiger partial charge in [0.2, 0.25) is 5.91 Å². The Morgan fingerprint density at radius 2 is 1.59 bits per heavy atom. The molecule has 1 fully saturated rings. The van der Waals surface area contributed by atoms with Crippen molar-refractivity contribution in [3.05, 3.63) is 63.8 Å². The number of carbonyl (C=O) groups is 5. The molecule has 0 spiro atoms. The molecule has 5 N–H and O–H groups in total. The first-order valence-electron chi connectivity index (χ1n) is 21.2. The lowest BCUT2D eigenvalue weighted by Gasteiger charge is -2.45. The summed E-state index contributed by atoms with van der Waals surface area (Å²) in [5.41, 5.74) is 9.24. The van der Waals surface area contributed by atoms with Gasteiger partial charge >= 0.3 is 23.9 Å². The summed E-state index contributed by atoms with van der Waals surface area (Å²) in [5, 5.41) is 17.2. The van der Waals surface area contributed by atoms with E-state index >= 15 is 0 Å². The highest BCUT2D eigenvalue weighted by Crippen LogP contribution is 2.43. The summed E-state index contributed by atoms with van der Waals surface area (Å²) in [6.45, 7) is 24.4. The van der Waals surface area contributed by atoms with Crippen LogP contribution in [0.15, 0.2) is 47.1 Å². The van der Waals surface area contributed by atoms with Gasteiger partial charge in [-0.2, -0.15) is 0 Å². The average Bonchev–Trinajstić information content (AvgIpc) is 3.13. The van der Waals surface area contributed by atoms with Crippen LogP contribution in [0.1, 0.15) is 120 Å². The molecule has 1 aromatic carbocycles. The summed E-state index contributed by atoms with van der Waals surface area (Å²) in [4.78, 5) is 62.4. The lowest BCUT2D eigenvalue weighted by molar-refractivity contribution is -0.208. The Bertz CT molecular complexity index is 1860. The Morgan fingerprint density at radius 3 is 2.13 bits per heavy atom. The van der Waals surface area contributed by atoms with Gasteiger partial charge < -0.3 is 39.8 Å². The number of esters is 4. The second-order valence-electron chi connectivity index (χ2n) is 18.6. The minimum atomic E-state index is -1.09. The molecule has 14 nitrogen and oxygen atoms in total. The van der Waals surface area contributed by atoms with Crippen LogP contribution in [0.4, 0.5) is 0 Å². The van der Waals surface area contributed by atoms with Crippen molar-refractivity contribution < 1.29 is 52.8 Å². The number of aryl methyl sites for hydroxylation is 1. The SMILES string of the molecule is CCC(C)C1=C(Cc2ccc(/C=C/C(C)(C)C(O)NC(C)(C)C(=O)NCC(C)(C)N)cc2C)C=C([C@@H]2O[C@H](COC(C)=O)C[C@H](OC(C)=O)[C@H]2OC(C)=O)C(OC(C)=O)C1C. The molecule has 4 unspecified atom stereocenters. The van der Waals surface area contributed by atoms with Crippen LogP contribution >= 0.6 is 0 Å². The summed E-state index contributed by atoms with van der Waals surface area (Å²) in [5.74, 6) is -2.70. The summed E-state index contributed by atoms with van der Waals surface area (Å²) < 4.78 is 29.5. The van der Waals surface area contributed by atoms with Crippen molar-refractivity contribution in [2.75, 3.05) is 13.2 Å². The fraction of sp³-hybridized carbons (Fsp3) is 0.638. The van der Waals surface area contributed by atoms with Gasteiger partial charge in [-0.15, -0.1) is 0 Å². The van der Waals surface area contributed by atoms with Gasteiger partial charge in [-0.05, 0) is 75.6 Å². The normalized spacial score (nSPS) is 23.4. The van der Waals surface area contributed by atoms with Gasteiger partial charge in [0.25, 0.3) is 0 Å². The number of benzene rings is 1. The number of hydrogen-bond acceptors (Lipinski definition) is 13. The number of allylic oxidation sites excluding steroid dienone is 2. The molecule has 61 heavy (non-hydrogen) atoms. The van der Waals surface area contributed by atoms with Crippen LogP contribution in [0, 0.1) is 24.2 Å². The van der Waals surface area contributed by atoms with Gasteiger partial charge in [-0.1, -0.05) is 76.6 Å². The molecule has 1 aliphatic heterocycles. The van der Waals surface area contributed by atoms with Crippen molar-refractivity contribution in [1.82, 2.24) is 10.6 Å². The number of amides is 1. The minimum absolute atomic E-state index is 0.0961. The number of aliphatic hydroxyl groups is 1. The number of rotatable bonds is 18. The minimum Gasteiger partial charge on any atom is -0.463 e. The second kappa shape index (κ2) is 21.1. The van der Waals surface area contributed by atoms with E-state index in [9.17, 15) is 29.1 Å².